The highest BCUT2D eigenvalue weighted by molar-refractivity contribution is 6.30. The third-order valence-electron chi connectivity index (χ3n) is 3.85. The van der Waals surface area contributed by atoms with Crippen molar-refractivity contribution in [2.45, 2.75) is 13.5 Å². The fourth-order valence-corrected chi connectivity index (χ4v) is 2.73. The van der Waals surface area contributed by atoms with E-state index in [1.54, 1.807) is 19.1 Å². The maximum atomic E-state index is 12.3. The van der Waals surface area contributed by atoms with Gasteiger partial charge in [-0.05, 0) is 19.1 Å². The molecule has 6 nitrogen and oxygen atoms in total. The van der Waals surface area contributed by atoms with Gasteiger partial charge in [0.1, 0.15) is 5.69 Å². The smallest absolute Gasteiger partial charge is 0.288 e. The van der Waals surface area contributed by atoms with Crippen LogP contribution in [0.15, 0.2) is 29.1 Å². The summed E-state index contributed by atoms with van der Waals surface area (Å²) < 4.78 is 6.83. The van der Waals surface area contributed by atoms with Crippen LogP contribution >= 0.6 is 11.6 Å². The Balaban J connectivity index is 1.83. The van der Waals surface area contributed by atoms with E-state index in [-0.39, 0.29) is 5.56 Å². The zero-order valence-electron chi connectivity index (χ0n) is 13.0. The number of ether oxygens (including phenoxy) is 1. The lowest BCUT2D eigenvalue weighted by atomic mass is 10.2. The van der Waals surface area contributed by atoms with E-state index in [2.05, 4.69) is 15.0 Å². The van der Waals surface area contributed by atoms with Crippen LogP contribution in [0.4, 0.5) is 0 Å². The molecule has 1 saturated heterocycles. The van der Waals surface area contributed by atoms with Gasteiger partial charge in [0.15, 0.2) is 5.82 Å². The van der Waals surface area contributed by atoms with E-state index in [1.807, 2.05) is 12.1 Å². The van der Waals surface area contributed by atoms with Crippen LogP contribution in [0.5, 0.6) is 0 Å². The van der Waals surface area contributed by atoms with Crippen molar-refractivity contribution in [1.82, 2.24) is 19.7 Å². The van der Waals surface area contributed by atoms with Crippen molar-refractivity contribution in [1.29, 1.82) is 0 Å². The van der Waals surface area contributed by atoms with E-state index in [4.69, 9.17) is 16.3 Å². The SMILES string of the molecule is Cc1nc(-c2cccc(Cl)c2)nn(CCN2CCOCC2)c1=O. The number of nitrogens with zero attached hydrogens (tertiary/aromatic N) is 4. The van der Waals surface area contributed by atoms with Gasteiger partial charge in [-0.15, -0.1) is 5.10 Å². The molecule has 0 saturated carbocycles. The van der Waals surface area contributed by atoms with Gasteiger partial charge < -0.3 is 4.74 Å². The van der Waals surface area contributed by atoms with Crippen molar-refractivity contribution in [2.75, 3.05) is 32.8 Å². The molecule has 7 heteroatoms. The molecule has 1 aromatic heterocycles. The second-order valence-electron chi connectivity index (χ2n) is 5.51. The van der Waals surface area contributed by atoms with Gasteiger partial charge >= 0.3 is 0 Å². The minimum Gasteiger partial charge on any atom is -0.379 e. The quantitative estimate of drug-likeness (QED) is 0.850. The fourth-order valence-electron chi connectivity index (χ4n) is 2.54. The molecule has 3 rings (SSSR count). The van der Waals surface area contributed by atoms with Gasteiger partial charge in [-0.1, -0.05) is 23.7 Å². The molecule has 0 unspecified atom stereocenters. The average molecular weight is 335 g/mol. The lowest BCUT2D eigenvalue weighted by Crippen LogP contribution is -2.40. The van der Waals surface area contributed by atoms with E-state index in [1.165, 1.54) is 4.68 Å². The van der Waals surface area contributed by atoms with Gasteiger partial charge in [0, 0.05) is 30.2 Å². The van der Waals surface area contributed by atoms with Crippen LogP contribution in [0.2, 0.25) is 5.02 Å². The Bertz CT molecular complexity index is 741. The zero-order valence-corrected chi connectivity index (χ0v) is 13.8. The molecule has 23 heavy (non-hydrogen) atoms. The highest BCUT2D eigenvalue weighted by Crippen LogP contribution is 2.18. The summed E-state index contributed by atoms with van der Waals surface area (Å²) in [6.07, 6.45) is 0. The monoisotopic (exact) mass is 334 g/mol. The Hall–Kier alpha value is -1.76. The number of hydrogen-bond acceptors (Lipinski definition) is 5. The first-order chi connectivity index (χ1) is 11.1. The molecular formula is C16H19ClN4O2. The standard InChI is InChI=1S/C16H19ClN4O2/c1-12-16(22)21(6-5-20-7-9-23-10-8-20)19-15(18-12)13-3-2-4-14(17)11-13/h2-4,11H,5-10H2,1H3. The summed E-state index contributed by atoms with van der Waals surface area (Å²) in [6, 6.07) is 7.33. The Morgan fingerprint density at radius 3 is 2.78 bits per heavy atom. The van der Waals surface area contributed by atoms with Crippen molar-refractivity contribution >= 4 is 11.6 Å². The van der Waals surface area contributed by atoms with Crippen molar-refractivity contribution in [3.05, 3.63) is 45.3 Å². The number of aryl methyl sites for hydroxylation is 1. The fraction of sp³-hybridized carbons (Fsp3) is 0.438. The van der Waals surface area contributed by atoms with E-state index >= 15 is 0 Å². The van der Waals surface area contributed by atoms with Gasteiger partial charge in [-0.3, -0.25) is 9.69 Å². The highest BCUT2D eigenvalue weighted by atomic mass is 35.5. The summed E-state index contributed by atoms with van der Waals surface area (Å²) in [4.78, 5) is 18.8. The molecule has 1 aromatic carbocycles. The van der Waals surface area contributed by atoms with Crippen LogP contribution in [0.25, 0.3) is 11.4 Å². The number of halogens is 1. The van der Waals surface area contributed by atoms with Gasteiger partial charge in [0.2, 0.25) is 0 Å². The number of benzene rings is 1. The van der Waals surface area contributed by atoms with Gasteiger partial charge in [-0.25, -0.2) is 9.67 Å². The predicted octanol–water partition coefficient (Wildman–Crippen LogP) is 1.60. The second kappa shape index (κ2) is 7.21. The summed E-state index contributed by atoms with van der Waals surface area (Å²) in [5, 5.41) is 5.03. The molecule has 122 valence electrons. The molecule has 2 aromatic rings. The van der Waals surface area contributed by atoms with Crippen LogP contribution < -0.4 is 5.56 Å². The van der Waals surface area contributed by atoms with Gasteiger partial charge in [0.05, 0.1) is 19.8 Å². The van der Waals surface area contributed by atoms with Crippen LogP contribution in [0.1, 0.15) is 5.69 Å². The lowest BCUT2D eigenvalue weighted by molar-refractivity contribution is 0.0358. The highest BCUT2D eigenvalue weighted by Gasteiger charge is 2.13. The minimum absolute atomic E-state index is 0.149. The van der Waals surface area contributed by atoms with Crippen molar-refractivity contribution in [2.24, 2.45) is 0 Å². The number of rotatable bonds is 4. The Morgan fingerprint density at radius 2 is 2.04 bits per heavy atom. The first kappa shape index (κ1) is 16.1. The maximum absolute atomic E-state index is 12.3. The van der Waals surface area contributed by atoms with Crippen molar-refractivity contribution in [3.8, 4) is 11.4 Å². The third-order valence-corrected chi connectivity index (χ3v) is 4.08. The minimum atomic E-state index is -0.149. The molecule has 1 aliphatic heterocycles. The molecule has 1 fully saturated rings. The Kier molecular flexibility index (Phi) is 5.05. The second-order valence-corrected chi connectivity index (χ2v) is 5.95. The predicted molar refractivity (Wildman–Crippen MR) is 88.7 cm³/mol. The van der Waals surface area contributed by atoms with Crippen LogP contribution in [0.3, 0.4) is 0 Å². The summed E-state index contributed by atoms with van der Waals surface area (Å²) in [6.45, 7) is 6.28. The summed E-state index contributed by atoms with van der Waals surface area (Å²) in [7, 11) is 0. The maximum Gasteiger partial charge on any atom is 0.288 e. The van der Waals surface area contributed by atoms with E-state index in [0.717, 1.165) is 38.4 Å². The molecule has 0 atom stereocenters. The van der Waals surface area contributed by atoms with Crippen LogP contribution in [-0.4, -0.2) is 52.5 Å². The lowest BCUT2D eigenvalue weighted by Gasteiger charge is -2.26. The van der Waals surface area contributed by atoms with Crippen molar-refractivity contribution < 1.29 is 4.74 Å². The Morgan fingerprint density at radius 1 is 1.26 bits per heavy atom. The summed E-state index contributed by atoms with van der Waals surface area (Å²) >= 11 is 6.03. The normalized spacial score (nSPS) is 15.7. The molecule has 1 aliphatic rings. The summed E-state index contributed by atoms with van der Waals surface area (Å²) in [5.41, 5.74) is 1.10. The first-order valence-corrected chi connectivity index (χ1v) is 8.03. The molecule has 0 spiro atoms. The molecular weight excluding hydrogens is 316 g/mol. The number of hydrogen-bond donors (Lipinski definition) is 0. The van der Waals surface area contributed by atoms with E-state index in [9.17, 15) is 4.79 Å². The average Bonchev–Trinajstić information content (AvgIpc) is 2.57. The van der Waals surface area contributed by atoms with E-state index in [0.29, 0.717) is 23.1 Å². The number of morpholine rings is 1. The number of aromatic nitrogens is 3. The van der Waals surface area contributed by atoms with E-state index < -0.39 is 0 Å². The van der Waals surface area contributed by atoms with Crippen molar-refractivity contribution in [3.63, 3.8) is 0 Å². The van der Waals surface area contributed by atoms with Crippen LogP contribution in [0, 0.1) is 6.92 Å². The largest absolute Gasteiger partial charge is 0.379 e. The first-order valence-electron chi connectivity index (χ1n) is 7.65. The molecule has 0 radical (unpaired) electrons. The Labute approximate surface area is 139 Å². The molecule has 0 amide bonds. The summed E-state index contributed by atoms with van der Waals surface area (Å²) in [5.74, 6) is 0.520. The molecule has 0 bridgehead atoms. The molecule has 2 heterocycles. The topological polar surface area (TPSA) is 60.3 Å². The van der Waals surface area contributed by atoms with Crippen LogP contribution in [-0.2, 0) is 11.3 Å². The third kappa shape index (κ3) is 3.96. The van der Waals surface area contributed by atoms with Gasteiger partial charge in [-0.2, -0.15) is 0 Å². The zero-order chi connectivity index (χ0) is 16.2. The molecule has 0 N–H and O–H groups in total. The van der Waals surface area contributed by atoms with Gasteiger partial charge in [0.25, 0.3) is 5.56 Å². The molecule has 0 aliphatic carbocycles.